The van der Waals surface area contributed by atoms with Crippen LogP contribution in [-0.4, -0.2) is 24.0 Å². The first-order valence-corrected chi connectivity index (χ1v) is 8.95. The van der Waals surface area contributed by atoms with Gasteiger partial charge in [-0.3, -0.25) is 4.79 Å². The summed E-state index contributed by atoms with van der Waals surface area (Å²) in [6, 6.07) is 0. The number of hydrogen-bond donors (Lipinski definition) is 3. The Bertz CT molecular complexity index is 562. The molecular weight excluding hydrogens is 601 g/mol. The minimum Gasteiger partial charge on any atom is -0.478 e. The summed E-state index contributed by atoms with van der Waals surface area (Å²) in [6.07, 6.45) is 0.405. The Morgan fingerprint density at radius 1 is 1.15 bits per heavy atom. The van der Waals surface area contributed by atoms with Gasteiger partial charge in [0.05, 0.1) is 14.8 Å². The highest BCUT2D eigenvalue weighted by Gasteiger charge is 2.23. The highest BCUT2D eigenvalue weighted by molar-refractivity contribution is 14.1. The predicted molar refractivity (Wildman–Crippen MR) is 103 cm³/mol. The first kappa shape index (κ1) is 18.2. The molecule has 0 saturated carbocycles. The smallest absolute Gasteiger partial charge is 0.337 e. The van der Waals surface area contributed by atoms with Crippen molar-refractivity contribution < 1.29 is 14.7 Å². The molecule has 8 heteroatoms. The molecule has 0 aliphatic carbocycles. The predicted octanol–water partition coefficient (Wildman–Crippen LogP) is 3.27. The van der Waals surface area contributed by atoms with Crippen molar-refractivity contribution in [1.82, 2.24) is 5.32 Å². The van der Waals surface area contributed by atoms with Crippen LogP contribution in [0.3, 0.4) is 0 Å². The SMILES string of the molecule is CCC(=O)NCc1c(I)c(NC)c(I)c(C(=O)O)c1I. The molecule has 0 spiro atoms. The number of rotatable bonds is 5. The molecule has 1 rings (SSSR count). The second kappa shape index (κ2) is 7.96. The van der Waals surface area contributed by atoms with E-state index in [9.17, 15) is 14.7 Å². The Labute approximate surface area is 158 Å². The summed E-state index contributed by atoms with van der Waals surface area (Å²) in [5.74, 6) is -1.02. The molecule has 0 fully saturated rings. The van der Waals surface area contributed by atoms with Gasteiger partial charge in [0.1, 0.15) is 0 Å². The maximum atomic E-state index is 11.4. The molecular formula is C12H13I3N2O3. The lowest BCUT2D eigenvalue weighted by Crippen LogP contribution is -2.24. The number of carbonyl (C=O) groups excluding carboxylic acids is 1. The lowest BCUT2D eigenvalue weighted by molar-refractivity contribution is -0.120. The minimum atomic E-state index is -0.963. The molecule has 0 aromatic heterocycles. The summed E-state index contributed by atoms with van der Waals surface area (Å²) in [6.45, 7) is 2.11. The van der Waals surface area contributed by atoms with Crippen LogP contribution >= 0.6 is 67.8 Å². The fraction of sp³-hybridized carbons (Fsp3) is 0.333. The number of aromatic carboxylic acids is 1. The monoisotopic (exact) mass is 614 g/mol. The third-order valence-electron chi connectivity index (χ3n) is 2.66. The topological polar surface area (TPSA) is 78.4 Å². The van der Waals surface area contributed by atoms with E-state index in [0.717, 1.165) is 14.8 Å². The zero-order valence-electron chi connectivity index (χ0n) is 10.8. The van der Waals surface area contributed by atoms with Gasteiger partial charge in [-0.1, -0.05) is 6.92 Å². The van der Waals surface area contributed by atoms with Crippen LogP contribution in [0.25, 0.3) is 0 Å². The Kier molecular flexibility index (Phi) is 7.24. The van der Waals surface area contributed by atoms with Crippen molar-refractivity contribution in [3.05, 3.63) is 21.8 Å². The van der Waals surface area contributed by atoms with Crippen LogP contribution in [0.15, 0.2) is 0 Å². The number of carboxylic acid groups (broad SMARTS) is 1. The van der Waals surface area contributed by atoms with Gasteiger partial charge >= 0.3 is 5.97 Å². The third-order valence-corrected chi connectivity index (χ3v) is 6.11. The normalized spacial score (nSPS) is 10.2. The lowest BCUT2D eigenvalue weighted by Gasteiger charge is -2.17. The molecule has 0 atom stereocenters. The molecule has 0 aliphatic rings. The number of halogens is 3. The molecule has 0 unspecified atom stereocenters. The van der Waals surface area contributed by atoms with E-state index < -0.39 is 5.97 Å². The van der Waals surface area contributed by atoms with Crippen molar-refractivity contribution in [2.45, 2.75) is 19.9 Å². The average molecular weight is 614 g/mol. The molecule has 0 aliphatic heterocycles. The van der Waals surface area contributed by atoms with Gasteiger partial charge in [-0.25, -0.2) is 4.79 Å². The highest BCUT2D eigenvalue weighted by atomic mass is 127. The molecule has 0 heterocycles. The summed E-state index contributed by atoms with van der Waals surface area (Å²) in [5.41, 5.74) is 1.89. The maximum absolute atomic E-state index is 11.4. The van der Waals surface area contributed by atoms with Gasteiger partial charge in [0.15, 0.2) is 0 Å². The molecule has 3 N–H and O–H groups in total. The van der Waals surface area contributed by atoms with Gasteiger partial charge in [0.2, 0.25) is 5.91 Å². The Morgan fingerprint density at radius 3 is 2.20 bits per heavy atom. The van der Waals surface area contributed by atoms with Gasteiger partial charge in [-0.05, 0) is 67.8 Å². The zero-order valence-corrected chi connectivity index (χ0v) is 17.3. The van der Waals surface area contributed by atoms with Crippen molar-refractivity contribution >= 4 is 85.3 Å². The van der Waals surface area contributed by atoms with Crippen LogP contribution in [0.5, 0.6) is 0 Å². The first-order valence-electron chi connectivity index (χ1n) is 5.72. The lowest BCUT2D eigenvalue weighted by atomic mass is 10.1. The van der Waals surface area contributed by atoms with E-state index in [1.54, 1.807) is 14.0 Å². The number of amides is 1. The number of carboxylic acids is 1. The quantitative estimate of drug-likeness (QED) is 0.446. The molecule has 1 aromatic carbocycles. The summed E-state index contributed by atoms with van der Waals surface area (Å²) < 4.78 is 2.27. The average Bonchev–Trinajstić information content (AvgIpc) is 2.38. The van der Waals surface area contributed by atoms with Crippen LogP contribution < -0.4 is 10.6 Å². The number of anilines is 1. The molecule has 0 bridgehead atoms. The van der Waals surface area contributed by atoms with Crippen LogP contribution in [-0.2, 0) is 11.3 Å². The van der Waals surface area contributed by atoms with Crippen molar-refractivity contribution in [3.8, 4) is 0 Å². The number of nitrogens with one attached hydrogen (secondary N) is 2. The second-order valence-electron chi connectivity index (χ2n) is 3.86. The maximum Gasteiger partial charge on any atom is 0.337 e. The number of benzene rings is 1. The van der Waals surface area contributed by atoms with Crippen molar-refractivity contribution in [1.29, 1.82) is 0 Å². The van der Waals surface area contributed by atoms with Gasteiger partial charge < -0.3 is 15.7 Å². The fourth-order valence-electron chi connectivity index (χ4n) is 1.59. The Hall–Kier alpha value is 0.150. The molecule has 110 valence electrons. The molecule has 5 nitrogen and oxygen atoms in total. The largest absolute Gasteiger partial charge is 0.478 e. The third kappa shape index (κ3) is 3.87. The summed E-state index contributed by atoms with van der Waals surface area (Å²) in [5, 5.41) is 15.2. The second-order valence-corrected chi connectivity index (χ2v) is 7.09. The standard InChI is InChI=1S/C12H13I3N2O3/c1-3-6(18)17-4-5-8(13)7(12(19)20)10(15)11(16-2)9(5)14/h16H,3-4H2,1-2H3,(H,17,18)(H,19,20). The van der Waals surface area contributed by atoms with Crippen molar-refractivity contribution in [2.75, 3.05) is 12.4 Å². The van der Waals surface area contributed by atoms with E-state index in [4.69, 9.17) is 0 Å². The number of carbonyl (C=O) groups is 2. The first-order chi connectivity index (χ1) is 9.34. The van der Waals surface area contributed by atoms with Crippen LogP contribution in [0, 0.1) is 10.7 Å². The van der Waals surface area contributed by atoms with Crippen LogP contribution in [0.4, 0.5) is 5.69 Å². The van der Waals surface area contributed by atoms with Crippen molar-refractivity contribution in [3.63, 3.8) is 0 Å². The van der Waals surface area contributed by atoms with E-state index >= 15 is 0 Å². The highest BCUT2D eigenvalue weighted by Crippen LogP contribution is 2.35. The zero-order chi connectivity index (χ0) is 15.4. The summed E-state index contributed by atoms with van der Waals surface area (Å²) >= 11 is 6.24. The van der Waals surface area contributed by atoms with E-state index in [1.165, 1.54) is 0 Å². The Morgan fingerprint density at radius 2 is 1.75 bits per heavy atom. The molecule has 1 amide bonds. The van der Waals surface area contributed by atoms with Crippen LogP contribution in [0.1, 0.15) is 29.3 Å². The van der Waals surface area contributed by atoms with E-state index in [1.807, 2.05) is 45.2 Å². The van der Waals surface area contributed by atoms with Gasteiger partial charge in [-0.2, -0.15) is 0 Å². The van der Waals surface area contributed by atoms with Gasteiger partial charge in [0, 0.05) is 32.7 Å². The fourth-order valence-corrected chi connectivity index (χ4v) is 6.14. The van der Waals surface area contributed by atoms with Crippen LogP contribution in [0.2, 0.25) is 0 Å². The molecule has 0 saturated heterocycles. The Balaban J connectivity index is 3.39. The van der Waals surface area contributed by atoms with E-state index in [-0.39, 0.29) is 11.5 Å². The summed E-state index contributed by atoms with van der Waals surface area (Å²) in [4.78, 5) is 22.8. The van der Waals surface area contributed by atoms with Gasteiger partial charge in [-0.15, -0.1) is 0 Å². The van der Waals surface area contributed by atoms with E-state index in [0.29, 0.717) is 20.1 Å². The number of hydrogen-bond acceptors (Lipinski definition) is 3. The minimum absolute atomic E-state index is 0.0574. The molecule has 0 radical (unpaired) electrons. The van der Waals surface area contributed by atoms with E-state index in [2.05, 4.69) is 33.2 Å². The van der Waals surface area contributed by atoms with Gasteiger partial charge in [0.25, 0.3) is 0 Å². The summed E-state index contributed by atoms with van der Waals surface area (Å²) in [7, 11) is 1.76. The molecule has 20 heavy (non-hydrogen) atoms. The molecule has 1 aromatic rings. The van der Waals surface area contributed by atoms with Crippen molar-refractivity contribution in [2.24, 2.45) is 0 Å².